The zero-order chi connectivity index (χ0) is 17.8. The van der Waals surface area contributed by atoms with Crippen molar-refractivity contribution in [2.45, 2.75) is 13.0 Å². The van der Waals surface area contributed by atoms with Gasteiger partial charge in [-0.1, -0.05) is 41.4 Å². The minimum atomic E-state index is -0.572. The average molecular weight is 379 g/mol. The molecule has 0 saturated carbocycles. The third-order valence-corrected chi connectivity index (χ3v) is 4.80. The molecular weight excluding hydrogens is 359 g/mol. The molecule has 1 saturated heterocycles. The number of carbonyl (C=O) groups is 1. The summed E-state index contributed by atoms with van der Waals surface area (Å²) in [4.78, 5) is 16.7. The van der Waals surface area contributed by atoms with Crippen LogP contribution in [0.3, 0.4) is 0 Å². The molecule has 1 aliphatic heterocycles. The van der Waals surface area contributed by atoms with Gasteiger partial charge in [-0.2, -0.15) is 0 Å². The lowest BCUT2D eigenvalue weighted by Gasteiger charge is -2.37. The van der Waals surface area contributed by atoms with Gasteiger partial charge in [0.25, 0.3) is 5.91 Å². The molecule has 1 fully saturated rings. The molecule has 0 aliphatic carbocycles. The Bertz CT molecular complexity index is 746. The Balaban J connectivity index is 1.57. The number of hydrogen-bond donors (Lipinski definition) is 0. The number of nitrogens with zero attached hydrogens (tertiary/aromatic N) is 2. The summed E-state index contributed by atoms with van der Waals surface area (Å²) in [5.74, 6) is 0.508. The Morgan fingerprint density at radius 1 is 1.04 bits per heavy atom. The maximum Gasteiger partial charge on any atom is 0.263 e. The standard InChI is InChI=1S/C19H20Cl2N2O2/c1-14(25-18-8-3-2-7-17(18)21)19(24)23-11-9-22(10-12-23)16-6-4-5-15(20)13-16/h2-8,13-14H,9-12H2,1H3. The molecule has 1 aliphatic rings. The van der Waals surface area contributed by atoms with Crippen molar-refractivity contribution >= 4 is 34.8 Å². The van der Waals surface area contributed by atoms with E-state index in [4.69, 9.17) is 27.9 Å². The monoisotopic (exact) mass is 378 g/mol. The van der Waals surface area contributed by atoms with Gasteiger partial charge in [-0.3, -0.25) is 4.79 Å². The molecule has 0 radical (unpaired) electrons. The lowest BCUT2D eigenvalue weighted by Crippen LogP contribution is -2.52. The van der Waals surface area contributed by atoms with E-state index in [0.29, 0.717) is 23.9 Å². The van der Waals surface area contributed by atoms with Crippen LogP contribution in [0, 0.1) is 0 Å². The van der Waals surface area contributed by atoms with Gasteiger partial charge in [0.2, 0.25) is 0 Å². The summed E-state index contributed by atoms with van der Waals surface area (Å²) in [7, 11) is 0. The van der Waals surface area contributed by atoms with E-state index >= 15 is 0 Å². The van der Waals surface area contributed by atoms with Crippen LogP contribution in [0.2, 0.25) is 10.0 Å². The summed E-state index contributed by atoms with van der Waals surface area (Å²) >= 11 is 12.1. The highest BCUT2D eigenvalue weighted by Gasteiger charge is 2.26. The minimum Gasteiger partial charge on any atom is -0.479 e. The number of halogens is 2. The van der Waals surface area contributed by atoms with Crippen LogP contribution in [0.4, 0.5) is 5.69 Å². The van der Waals surface area contributed by atoms with Gasteiger partial charge in [-0.25, -0.2) is 0 Å². The number of piperazine rings is 1. The zero-order valence-corrected chi connectivity index (χ0v) is 15.5. The second-order valence-electron chi connectivity index (χ2n) is 5.98. The van der Waals surface area contributed by atoms with E-state index in [1.54, 1.807) is 19.1 Å². The maximum absolute atomic E-state index is 12.6. The van der Waals surface area contributed by atoms with Crippen molar-refractivity contribution in [1.29, 1.82) is 0 Å². The zero-order valence-electron chi connectivity index (χ0n) is 14.0. The molecule has 132 valence electrons. The van der Waals surface area contributed by atoms with Crippen LogP contribution in [0.5, 0.6) is 5.75 Å². The number of benzene rings is 2. The minimum absolute atomic E-state index is 0.0225. The fraction of sp³-hybridized carbons (Fsp3) is 0.316. The topological polar surface area (TPSA) is 32.8 Å². The van der Waals surface area contributed by atoms with E-state index in [1.165, 1.54) is 0 Å². The molecule has 1 amide bonds. The van der Waals surface area contributed by atoms with Gasteiger partial charge in [-0.05, 0) is 37.3 Å². The highest BCUT2D eigenvalue weighted by Crippen LogP contribution is 2.25. The predicted molar refractivity (Wildman–Crippen MR) is 102 cm³/mol. The third-order valence-electron chi connectivity index (χ3n) is 4.25. The maximum atomic E-state index is 12.6. The summed E-state index contributed by atoms with van der Waals surface area (Å²) in [6.07, 6.45) is -0.572. The van der Waals surface area contributed by atoms with Crippen LogP contribution in [-0.2, 0) is 4.79 Å². The molecule has 1 unspecified atom stereocenters. The number of rotatable bonds is 4. The predicted octanol–water partition coefficient (Wildman–Crippen LogP) is 4.11. The van der Waals surface area contributed by atoms with Crippen LogP contribution in [0.15, 0.2) is 48.5 Å². The summed E-state index contributed by atoms with van der Waals surface area (Å²) in [5, 5.41) is 1.23. The first-order valence-electron chi connectivity index (χ1n) is 8.25. The van der Waals surface area contributed by atoms with Crippen LogP contribution >= 0.6 is 23.2 Å². The van der Waals surface area contributed by atoms with E-state index in [2.05, 4.69) is 4.90 Å². The smallest absolute Gasteiger partial charge is 0.263 e. The quantitative estimate of drug-likeness (QED) is 0.802. The molecule has 4 nitrogen and oxygen atoms in total. The molecule has 1 heterocycles. The van der Waals surface area contributed by atoms with E-state index in [1.807, 2.05) is 41.3 Å². The van der Waals surface area contributed by atoms with Crippen molar-refractivity contribution in [2.24, 2.45) is 0 Å². The summed E-state index contributed by atoms with van der Waals surface area (Å²) < 4.78 is 5.73. The normalized spacial score (nSPS) is 15.8. The van der Waals surface area contributed by atoms with E-state index < -0.39 is 6.10 Å². The van der Waals surface area contributed by atoms with Gasteiger partial charge in [0.1, 0.15) is 5.75 Å². The number of para-hydroxylation sites is 1. The van der Waals surface area contributed by atoms with Crippen molar-refractivity contribution in [3.05, 3.63) is 58.6 Å². The number of hydrogen-bond acceptors (Lipinski definition) is 3. The first-order valence-corrected chi connectivity index (χ1v) is 9.00. The Kier molecular flexibility index (Phi) is 5.71. The van der Waals surface area contributed by atoms with E-state index in [-0.39, 0.29) is 5.91 Å². The molecule has 0 spiro atoms. The van der Waals surface area contributed by atoms with Crippen molar-refractivity contribution in [1.82, 2.24) is 4.90 Å². The van der Waals surface area contributed by atoms with Gasteiger partial charge >= 0.3 is 0 Å². The van der Waals surface area contributed by atoms with Crippen LogP contribution < -0.4 is 9.64 Å². The number of carbonyl (C=O) groups excluding carboxylic acids is 1. The number of amides is 1. The fourth-order valence-corrected chi connectivity index (χ4v) is 3.26. The summed E-state index contributed by atoms with van der Waals surface area (Å²) in [6.45, 7) is 4.61. The van der Waals surface area contributed by atoms with Crippen molar-refractivity contribution < 1.29 is 9.53 Å². The average Bonchev–Trinajstić information content (AvgIpc) is 2.63. The highest BCUT2D eigenvalue weighted by molar-refractivity contribution is 6.32. The second-order valence-corrected chi connectivity index (χ2v) is 6.83. The van der Waals surface area contributed by atoms with Crippen LogP contribution in [0.1, 0.15) is 6.92 Å². The molecule has 25 heavy (non-hydrogen) atoms. The van der Waals surface area contributed by atoms with Crippen molar-refractivity contribution in [2.75, 3.05) is 31.1 Å². The molecule has 6 heteroatoms. The van der Waals surface area contributed by atoms with Gasteiger partial charge in [0.15, 0.2) is 6.10 Å². The lowest BCUT2D eigenvalue weighted by atomic mass is 10.2. The van der Waals surface area contributed by atoms with E-state index in [0.717, 1.165) is 23.8 Å². The molecule has 2 aromatic rings. The lowest BCUT2D eigenvalue weighted by molar-refractivity contribution is -0.138. The van der Waals surface area contributed by atoms with Gasteiger partial charge in [0.05, 0.1) is 5.02 Å². The molecule has 1 atom stereocenters. The van der Waals surface area contributed by atoms with Gasteiger partial charge in [-0.15, -0.1) is 0 Å². The molecular formula is C19H20Cl2N2O2. The molecule has 0 aromatic heterocycles. The van der Waals surface area contributed by atoms with Crippen molar-refractivity contribution in [3.8, 4) is 5.75 Å². The number of ether oxygens (including phenoxy) is 1. The number of anilines is 1. The largest absolute Gasteiger partial charge is 0.479 e. The van der Waals surface area contributed by atoms with E-state index in [9.17, 15) is 4.79 Å². The summed E-state index contributed by atoms with van der Waals surface area (Å²) in [5.41, 5.74) is 1.08. The molecule has 0 N–H and O–H groups in total. The van der Waals surface area contributed by atoms with Crippen molar-refractivity contribution in [3.63, 3.8) is 0 Å². The fourth-order valence-electron chi connectivity index (χ4n) is 2.90. The Morgan fingerprint density at radius 2 is 1.76 bits per heavy atom. The Hall–Kier alpha value is -1.91. The molecule has 0 bridgehead atoms. The second kappa shape index (κ2) is 7.98. The Labute approximate surface area is 157 Å². The molecule has 3 rings (SSSR count). The first kappa shape index (κ1) is 17.9. The Morgan fingerprint density at radius 3 is 2.44 bits per heavy atom. The van der Waals surface area contributed by atoms with Crippen LogP contribution in [-0.4, -0.2) is 43.1 Å². The first-order chi connectivity index (χ1) is 12.0. The third kappa shape index (κ3) is 4.39. The SMILES string of the molecule is CC(Oc1ccccc1Cl)C(=O)N1CCN(c2cccc(Cl)c2)CC1. The summed E-state index contributed by atoms with van der Waals surface area (Å²) in [6, 6.07) is 15.0. The molecule has 2 aromatic carbocycles. The highest BCUT2D eigenvalue weighted by atomic mass is 35.5. The van der Waals surface area contributed by atoms with Crippen LogP contribution in [0.25, 0.3) is 0 Å². The van der Waals surface area contributed by atoms with Gasteiger partial charge in [0, 0.05) is 36.9 Å². The van der Waals surface area contributed by atoms with Gasteiger partial charge < -0.3 is 14.5 Å².